The Hall–Kier alpha value is -1.42. The summed E-state index contributed by atoms with van der Waals surface area (Å²) in [7, 11) is -0.828. The number of likely N-dealkylation sites (N-methyl/N-ethyl adjacent to an activating group) is 1. The van der Waals surface area contributed by atoms with Crippen LogP contribution >= 0.6 is 0 Å². The molecule has 0 aromatic carbocycles. The van der Waals surface area contributed by atoms with Gasteiger partial charge in [0, 0.05) is 20.2 Å². The first-order valence-electron chi connectivity index (χ1n) is 6.93. The number of amides is 1. The molecule has 2 N–H and O–H groups in total. The molecule has 0 saturated carbocycles. The number of hydrogen-bond donors (Lipinski definition) is 2. The van der Waals surface area contributed by atoms with Crippen molar-refractivity contribution >= 4 is 16.1 Å². The van der Waals surface area contributed by atoms with E-state index in [1.165, 1.54) is 20.4 Å². The van der Waals surface area contributed by atoms with Gasteiger partial charge < -0.3 is 14.5 Å². The monoisotopic (exact) mass is 331 g/mol. The first kappa shape index (κ1) is 16.9. The zero-order valence-corrected chi connectivity index (χ0v) is 13.6. The van der Waals surface area contributed by atoms with Crippen molar-refractivity contribution in [2.45, 2.75) is 31.5 Å². The van der Waals surface area contributed by atoms with Gasteiger partial charge in [0.15, 0.2) is 0 Å². The van der Waals surface area contributed by atoms with Gasteiger partial charge in [-0.3, -0.25) is 4.79 Å². The summed E-state index contributed by atoms with van der Waals surface area (Å²) < 4.78 is 38.1. The third-order valence-electron chi connectivity index (χ3n) is 3.56. The van der Waals surface area contributed by atoms with E-state index in [0.29, 0.717) is 12.4 Å². The van der Waals surface area contributed by atoms with E-state index < -0.39 is 22.3 Å². The standard InChI is InChI=1S/C13H21N3O5S/c1-9(8-20-3)14-13(17)11-7-10(12-5-4-6-21-12)15-22(18,19)16(11)2/h4-6,9-11,15H,7-8H2,1-3H3,(H,14,17)/t9?,10-,11+/m0/s1. The quantitative estimate of drug-likeness (QED) is 0.791. The average molecular weight is 331 g/mol. The van der Waals surface area contributed by atoms with Crippen LogP contribution in [0.15, 0.2) is 22.8 Å². The number of carbonyl (C=O) groups is 1. The lowest BCUT2D eigenvalue weighted by Gasteiger charge is -2.35. The molecule has 2 rings (SSSR count). The molecule has 8 nitrogen and oxygen atoms in total. The number of furan rings is 1. The second-order valence-corrected chi connectivity index (χ2v) is 7.09. The van der Waals surface area contributed by atoms with Crippen molar-refractivity contribution in [3.8, 4) is 0 Å². The van der Waals surface area contributed by atoms with E-state index >= 15 is 0 Å². The molecule has 1 aliphatic heterocycles. The molecule has 0 radical (unpaired) electrons. The second-order valence-electron chi connectivity index (χ2n) is 5.32. The lowest BCUT2D eigenvalue weighted by molar-refractivity contribution is -0.126. The van der Waals surface area contributed by atoms with Gasteiger partial charge in [0.25, 0.3) is 10.2 Å². The highest BCUT2D eigenvalue weighted by Crippen LogP contribution is 2.28. The Balaban J connectivity index is 2.16. The first-order chi connectivity index (χ1) is 10.3. The van der Waals surface area contributed by atoms with Gasteiger partial charge in [-0.25, -0.2) is 0 Å². The number of nitrogens with zero attached hydrogens (tertiary/aromatic N) is 1. The van der Waals surface area contributed by atoms with E-state index in [2.05, 4.69) is 10.0 Å². The molecule has 1 amide bonds. The van der Waals surface area contributed by atoms with Gasteiger partial charge in [-0.15, -0.1) is 0 Å². The molecule has 0 bridgehead atoms. The van der Waals surface area contributed by atoms with Gasteiger partial charge in [0.05, 0.1) is 18.9 Å². The smallest absolute Gasteiger partial charge is 0.280 e. The predicted octanol–water partition coefficient (Wildman–Crippen LogP) is 0.0103. The number of rotatable bonds is 5. The molecule has 1 saturated heterocycles. The summed E-state index contributed by atoms with van der Waals surface area (Å²) in [5.41, 5.74) is 0. The minimum atomic E-state index is -3.75. The van der Waals surface area contributed by atoms with Crippen LogP contribution in [0.3, 0.4) is 0 Å². The van der Waals surface area contributed by atoms with Gasteiger partial charge in [-0.2, -0.15) is 17.4 Å². The van der Waals surface area contributed by atoms with Gasteiger partial charge in [0.2, 0.25) is 5.91 Å². The van der Waals surface area contributed by atoms with E-state index in [1.54, 1.807) is 19.1 Å². The van der Waals surface area contributed by atoms with Crippen LogP contribution in [0.2, 0.25) is 0 Å². The maximum atomic E-state index is 12.4. The topological polar surface area (TPSA) is 101 Å². The SMILES string of the molecule is COCC(C)NC(=O)[C@H]1C[C@@H](c2ccco2)NS(=O)(=O)N1C. The molecule has 9 heteroatoms. The van der Waals surface area contributed by atoms with Crippen LogP contribution in [0, 0.1) is 0 Å². The molecule has 3 atom stereocenters. The zero-order valence-electron chi connectivity index (χ0n) is 12.8. The summed E-state index contributed by atoms with van der Waals surface area (Å²) in [6, 6.07) is 1.79. The lowest BCUT2D eigenvalue weighted by Crippen LogP contribution is -2.58. The maximum Gasteiger partial charge on any atom is 0.280 e. The minimum Gasteiger partial charge on any atom is -0.468 e. The summed E-state index contributed by atoms with van der Waals surface area (Å²) in [4.78, 5) is 12.4. The Morgan fingerprint density at radius 2 is 2.36 bits per heavy atom. The Labute approximate surface area is 130 Å². The summed E-state index contributed by atoms with van der Waals surface area (Å²) >= 11 is 0. The Bertz CT molecular complexity index is 601. The molecule has 0 aliphatic carbocycles. The fourth-order valence-electron chi connectivity index (χ4n) is 2.42. The van der Waals surface area contributed by atoms with Crippen LogP contribution in [-0.2, 0) is 19.7 Å². The number of ether oxygens (including phenoxy) is 1. The highest BCUT2D eigenvalue weighted by Gasteiger charge is 2.41. The molecule has 2 heterocycles. The number of hydrogen-bond acceptors (Lipinski definition) is 5. The Morgan fingerprint density at radius 3 is 2.95 bits per heavy atom. The van der Waals surface area contributed by atoms with Crippen LogP contribution in [0.4, 0.5) is 0 Å². The van der Waals surface area contributed by atoms with Crippen molar-refractivity contribution in [1.82, 2.24) is 14.3 Å². The number of methoxy groups -OCH3 is 1. The van der Waals surface area contributed by atoms with Gasteiger partial charge in [-0.1, -0.05) is 0 Å². The fourth-order valence-corrected chi connectivity index (χ4v) is 3.67. The molecule has 1 unspecified atom stereocenters. The molecular weight excluding hydrogens is 310 g/mol. The van der Waals surface area contributed by atoms with Crippen molar-refractivity contribution < 1.29 is 22.4 Å². The normalized spacial score (nSPS) is 26.5. The minimum absolute atomic E-state index is 0.203. The third-order valence-corrected chi connectivity index (χ3v) is 5.16. The van der Waals surface area contributed by atoms with Crippen molar-refractivity contribution in [3.05, 3.63) is 24.2 Å². The molecule has 124 valence electrons. The lowest BCUT2D eigenvalue weighted by atomic mass is 10.0. The van der Waals surface area contributed by atoms with Gasteiger partial charge in [-0.05, 0) is 25.5 Å². The molecule has 22 heavy (non-hydrogen) atoms. The van der Waals surface area contributed by atoms with E-state index in [9.17, 15) is 13.2 Å². The Kier molecular flexibility index (Phi) is 5.22. The van der Waals surface area contributed by atoms with E-state index in [-0.39, 0.29) is 18.4 Å². The summed E-state index contributed by atoms with van der Waals surface area (Å²) in [6.45, 7) is 2.15. The molecule has 0 spiro atoms. The first-order valence-corrected chi connectivity index (χ1v) is 8.37. The predicted molar refractivity (Wildman–Crippen MR) is 79.2 cm³/mol. The van der Waals surface area contributed by atoms with Crippen molar-refractivity contribution in [3.63, 3.8) is 0 Å². The van der Waals surface area contributed by atoms with E-state index in [1.807, 2.05) is 0 Å². The highest BCUT2D eigenvalue weighted by molar-refractivity contribution is 7.87. The molecule has 1 aromatic heterocycles. The number of carbonyl (C=O) groups excluding carboxylic acids is 1. The molecule has 1 fully saturated rings. The Morgan fingerprint density at radius 1 is 1.64 bits per heavy atom. The largest absolute Gasteiger partial charge is 0.468 e. The number of nitrogens with one attached hydrogen (secondary N) is 2. The molecule has 1 aromatic rings. The third kappa shape index (κ3) is 3.67. The molecular formula is C13H21N3O5S. The van der Waals surface area contributed by atoms with Crippen molar-refractivity contribution in [2.75, 3.05) is 20.8 Å². The van der Waals surface area contributed by atoms with Gasteiger partial charge >= 0.3 is 0 Å². The van der Waals surface area contributed by atoms with Crippen LogP contribution in [0.5, 0.6) is 0 Å². The summed E-state index contributed by atoms with van der Waals surface area (Å²) in [6.07, 6.45) is 1.76. The fraction of sp³-hybridized carbons (Fsp3) is 0.615. The van der Waals surface area contributed by atoms with Crippen LogP contribution in [-0.4, -0.2) is 51.5 Å². The van der Waals surface area contributed by atoms with Crippen molar-refractivity contribution in [2.24, 2.45) is 0 Å². The zero-order chi connectivity index (χ0) is 16.3. The summed E-state index contributed by atoms with van der Waals surface area (Å²) in [5.74, 6) is 0.132. The average Bonchev–Trinajstić information content (AvgIpc) is 2.95. The van der Waals surface area contributed by atoms with Gasteiger partial charge in [0.1, 0.15) is 11.8 Å². The van der Waals surface area contributed by atoms with E-state index in [4.69, 9.17) is 9.15 Å². The summed E-state index contributed by atoms with van der Waals surface area (Å²) in [5, 5.41) is 2.76. The van der Waals surface area contributed by atoms with Crippen LogP contribution < -0.4 is 10.0 Å². The maximum absolute atomic E-state index is 12.4. The highest BCUT2D eigenvalue weighted by atomic mass is 32.2. The van der Waals surface area contributed by atoms with Crippen LogP contribution in [0.25, 0.3) is 0 Å². The van der Waals surface area contributed by atoms with Crippen LogP contribution in [0.1, 0.15) is 25.1 Å². The van der Waals surface area contributed by atoms with Crippen molar-refractivity contribution in [1.29, 1.82) is 0 Å². The van der Waals surface area contributed by atoms with E-state index in [0.717, 1.165) is 4.31 Å². The molecule has 1 aliphatic rings. The second kappa shape index (κ2) is 6.78.